The fourth-order valence-electron chi connectivity index (χ4n) is 2.72. The van der Waals surface area contributed by atoms with Gasteiger partial charge in [0.15, 0.2) is 5.78 Å². The number of para-hydroxylation sites is 1. The Balaban J connectivity index is 1.94. The van der Waals surface area contributed by atoms with Crippen molar-refractivity contribution in [2.75, 3.05) is 0 Å². The highest BCUT2D eigenvalue weighted by molar-refractivity contribution is 6.00. The Hall–Kier alpha value is -1.57. The highest BCUT2D eigenvalue weighted by Gasteiger charge is 2.40. The van der Waals surface area contributed by atoms with Crippen LogP contribution in [0.25, 0.3) is 0 Å². The second kappa shape index (κ2) is 3.48. The topological polar surface area (TPSA) is 37.3 Å². The number of phenols is 1. The van der Waals surface area contributed by atoms with Gasteiger partial charge in [0.25, 0.3) is 0 Å². The summed E-state index contributed by atoms with van der Waals surface area (Å²) >= 11 is 0. The molecule has 2 aliphatic carbocycles. The van der Waals surface area contributed by atoms with E-state index in [2.05, 4.69) is 12.2 Å². The summed E-state index contributed by atoms with van der Waals surface area (Å²) in [5.41, 5.74) is 0.357. The molecule has 2 aliphatic rings. The molecule has 0 amide bonds. The number of phenolic OH excluding ortho intramolecular Hbond substituents is 1. The second-order valence-corrected chi connectivity index (χ2v) is 4.55. The van der Waals surface area contributed by atoms with Crippen LogP contribution in [0.4, 0.5) is 0 Å². The molecule has 0 heterocycles. The average Bonchev–Trinajstić information content (AvgIpc) is 2.89. The Kier molecular flexibility index (Phi) is 1.86. The molecule has 2 heteroatoms. The van der Waals surface area contributed by atoms with Crippen LogP contribution in [0.3, 0.4) is 0 Å². The third-order valence-electron chi connectivity index (χ3n) is 3.54. The molecule has 16 heavy (non-hydrogen) atoms. The number of rotatable bonds is 2. The molecule has 0 saturated heterocycles. The van der Waals surface area contributed by atoms with Gasteiger partial charge < -0.3 is 5.11 Å². The number of allylic oxidation sites excluding steroid dienone is 2. The van der Waals surface area contributed by atoms with Crippen LogP contribution >= 0.6 is 0 Å². The van der Waals surface area contributed by atoms with Gasteiger partial charge in [-0.3, -0.25) is 4.79 Å². The van der Waals surface area contributed by atoms with Gasteiger partial charge >= 0.3 is 0 Å². The Bertz CT molecular complexity index is 495. The number of hydrogen-bond acceptors (Lipinski definition) is 2. The van der Waals surface area contributed by atoms with E-state index in [9.17, 15) is 9.90 Å². The van der Waals surface area contributed by atoms with Crippen LogP contribution in [0.15, 0.2) is 36.4 Å². The largest absolute Gasteiger partial charge is 0.507 e. The molecule has 1 fully saturated rings. The smallest absolute Gasteiger partial charge is 0.170 e. The summed E-state index contributed by atoms with van der Waals surface area (Å²) < 4.78 is 8.07. The predicted octanol–water partition coefficient (Wildman–Crippen LogP) is 2.79. The lowest BCUT2D eigenvalue weighted by Crippen LogP contribution is -2.19. The van der Waals surface area contributed by atoms with Crippen molar-refractivity contribution < 1.29 is 11.3 Å². The van der Waals surface area contributed by atoms with Crippen molar-refractivity contribution in [3.8, 4) is 5.75 Å². The maximum absolute atomic E-state index is 12.4. The third-order valence-corrected chi connectivity index (χ3v) is 3.54. The Labute approximate surface area is 96.0 Å². The molecule has 0 aromatic heterocycles. The maximum Gasteiger partial charge on any atom is 0.170 e. The van der Waals surface area contributed by atoms with Crippen molar-refractivity contribution >= 4 is 5.78 Å². The lowest BCUT2D eigenvalue weighted by Gasteiger charge is -2.17. The standard InChI is InChI=1S/C14H14O2/c15-13-4-2-1-3-11(13)14(16)12-8-9-5-6-10(12)7-9/h1-6,9-10,12,15H,7-8H2/i8D. The summed E-state index contributed by atoms with van der Waals surface area (Å²) in [6.07, 6.45) is 4.67. The molecular formula is C14H14O2. The zero-order valence-electron chi connectivity index (χ0n) is 9.84. The highest BCUT2D eigenvalue weighted by Crippen LogP contribution is 2.45. The fraction of sp³-hybridized carbons (Fsp3) is 0.357. The summed E-state index contributed by atoms with van der Waals surface area (Å²) in [7, 11) is 0. The normalized spacial score (nSPS) is 36.4. The number of ketones is 1. The van der Waals surface area contributed by atoms with E-state index in [4.69, 9.17) is 1.37 Å². The Morgan fingerprint density at radius 1 is 1.38 bits per heavy atom. The molecule has 2 bridgehead atoms. The van der Waals surface area contributed by atoms with Crippen LogP contribution in [0, 0.1) is 17.8 Å². The van der Waals surface area contributed by atoms with Crippen molar-refractivity contribution in [2.45, 2.75) is 12.8 Å². The van der Waals surface area contributed by atoms with Crippen LogP contribution in [0.2, 0.25) is 0 Å². The van der Waals surface area contributed by atoms with Gasteiger partial charge in [0, 0.05) is 7.29 Å². The lowest BCUT2D eigenvalue weighted by atomic mass is 9.86. The summed E-state index contributed by atoms with van der Waals surface area (Å²) in [5.74, 6) is 0.0733. The zero-order valence-corrected chi connectivity index (χ0v) is 8.84. The molecule has 0 radical (unpaired) electrons. The van der Waals surface area contributed by atoms with Crippen LogP contribution in [0.5, 0.6) is 5.75 Å². The molecule has 1 N–H and O–H groups in total. The van der Waals surface area contributed by atoms with Gasteiger partial charge in [-0.1, -0.05) is 24.3 Å². The first kappa shape index (κ1) is 8.57. The minimum Gasteiger partial charge on any atom is -0.507 e. The van der Waals surface area contributed by atoms with E-state index in [1.165, 1.54) is 6.07 Å². The van der Waals surface area contributed by atoms with Gasteiger partial charge in [-0.2, -0.15) is 0 Å². The number of carbonyl (C=O) groups excluding carboxylic acids is 1. The minimum atomic E-state index is -0.350. The van der Waals surface area contributed by atoms with E-state index in [-0.39, 0.29) is 35.7 Å². The number of carbonyl (C=O) groups is 1. The summed E-state index contributed by atoms with van der Waals surface area (Å²) in [5, 5.41) is 9.70. The first-order chi connectivity index (χ1) is 8.18. The number of fused-ring (bicyclic) bond motifs is 2. The first-order valence-corrected chi connectivity index (χ1v) is 5.61. The molecule has 4 atom stereocenters. The van der Waals surface area contributed by atoms with Crippen molar-refractivity contribution in [1.82, 2.24) is 0 Å². The highest BCUT2D eigenvalue weighted by atomic mass is 16.3. The third kappa shape index (κ3) is 1.37. The molecule has 2 nitrogen and oxygen atoms in total. The van der Waals surface area contributed by atoms with E-state index in [0.717, 1.165) is 6.42 Å². The fourth-order valence-corrected chi connectivity index (χ4v) is 2.72. The molecule has 1 saturated carbocycles. The molecule has 0 spiro atoms. The average molecular weight is 215 g/mol. The monoisotopic (exact) mass is 215 g/mol. The molecule has 82 valence electrons. The number of Topliss-reactive ketones (excluding diaryl/α,β-unsaturated/α-hetero) is 1. The minimum absolute atomic E-state index is 0.0245. The van der Waals surface area contributed by atoms with Gasteiger partial charge in [-0.25, -0.2) is 0 Å². The summed E-state index contributed by atoms with van der Waals surface area (Å²) in [6, 6.07) is 6.61. The van der Waals surface area contributed by atoms with Gasteiger partial charge in [0.1, 0.15) is 5.75 Å². The van der Waals surface area contributed by atoms with Gasteiger partial charge in [-0.15, -0.1) is 0 Å². The molecule has 1 aromatic rings. The summed E-state index contributed by atoms with van der Waals surface area (Å²) in [4.78, 5) is 12.4. The van der Waals surface area contributed by atoms with Crippen LogP contribution in [-0.4, -0.2) is 10.9 Å². The Morgan fingerprint density at radius 2 is 2.19 bits per heavy atom. The first-order valence-electron chi connectivity index (χ1n) is 6.19. The SMILES string of the molecule is [2H]C1C2C=CC(C2)C1C(=O)c1ccccc1O. The lowest BCUT2D eigenvalue weighted by molar-refractivity contribution is 0.0898. The van der Waals surface area contributed by atoms with Crippen molar-refractivity contribution in [1.29, 1.82) is 0 Å². The van der Waals surface area contributed by atoms with E-state index < -0.39 is 0 Å². The number of aromatic hydroxyl groups is 1. The van der Waals surface area contributed by atoms with Crippen molar-refractivity contribution in [2.24, 2.45) is 17.8 Å². The van der Waals surface area contributed by atoms with Gasteiger partial charge in [-0.05, 0) is 36.8 Å². The Morgan fingerprint density at radius 3 is 2.88 bits per heavy atom. The van der Waals surface area contributed by atoms with Crippen molar-refractivity contribution in [3.63, 3.8) is 0 Å². The van der Waals surface area contributed by atoms with Crippen molar-refractivity contribution in [3.05, 3.63) is 42.0 Å². The number of hydrogen-bond donors (Lipinski definition) is 1. The van der Waals surface area contributed by atoms with Crippen LogP contribution in [-0.2, 0) is 0 Å². The molecule has 0 aliphatic heterocycles. The van der Waals surface area contributed by atoms with Gasteiger partial charge in [0.2, 0.25) is 0 Å². The zero-order chi connectivity index (χ0) is 12.0. The predicted molar refractivity (Wildman–Crippen MR) is 61.3 cm³/mol. The second-order valence-electron chi connectivity index (χ2n) is 4.55. The van der Waals surface area contributed by atoms with E-state index in [0.29, 0.717) is 5.56 Å². The van der Waals surface area contributed by atoms with Crippen LogP contribution < -0.4 is 0 Å². The molecular weight excluding hydrogens is 200 g/mol. The number of benzene rings is 1. The summed E-state index contributed by atoms with van der Waals surface area (Å²) in [6.45, 7) is 0. The van der Waals surface area contributed by atoms with E-state index in [1.807, 2.05) is 0 Å². The quantitative estimate of drug-likeness (QED) is 0.608. The van der Waals surface area contributed by atoms with Crippen LogP contribution in [0.1, 0.15) is 24.5 Å². The maximum atomic E-state index is 12.4. The molecule has 3 rings (SSSR count). The molecule has 1 aromatic carbocycles. The molecule has 4 unspecified atom stereocenters. The van der Waals surface area contributed by atoms with E-state index in [1.54, 1.807) is 18.2 Å². The van der Waals surface area contributed by atoms with E-state index >= 15 is 0 Å². The van der Waals surface area contributed by atoms with Gasteiger partial charge in [0.05, 0.1) is 5.56 Å².